The minimum Gasteiger partial charge on any atom is -0.497 e. The molecule has 1 aliphatic rings. The van der Waals surface area contributed by atoms with Crippen LogP contribution in [0.1, 0.15) is 5.56 Å². The Kier molecular flexibility index (Phi) is 7.71. The highest BCUT2D eigenvalue weighted by atomic mass is 127. The fraction of sp³-hybridized carbons (Fsp3) is 0.143. The first-order valence-corrected chi connectivity index (χ1v) is 11.1. The Hall–Kier alpha value is -2.68. The second kappa shape index (κ2) is 10.3. The number of esters is 1. The Morgan fingerprint density at radius 1 is 1.06 bits per heavy atom. The van der Waals surface area contributed by atoms with Gasteiger partial charge in [0, 0.05) is 0 Å². The number of carbonyl (C=O) groups excluding carboxylic acids is 4. The van der Waals surface area contributed by atoms with E-state index in [4.69, 9.17) is 9.47 Å². The summed E-state index contributed by atoms with van der Waals surface area (Å²) in [5.41, 5.74) is 0.643. The molecule has 0 saturated carbocycles. The quantitative estimate of drug-likeness (QED) is 0.219. The molecule has 2 aromatic carbocycles. The lowest BCUT2D eigenvalue weighted by Gasteiger charge is -2.26. The summed E-state index contributed by atoms with van der Waals surface area (Å²) in [6.45, 7) is -0.247. The van der Waals surface area contributed by atoms with Crippen LogP contribution in [0.5, 0.6) is 11.5 Å². The van der Waals surface area contributed by atoms with Crippen molar-refractivity contribution in [2.75, 3.05) is 25.7 Å². The van der Waals surface area contributed by atoms with E-state index in [2.05, 4.69) is 10.1 Å². The Labute approximate surface area is 210 Å². The molecule has 0 atom stereocenters. The summed E-state index contributed by atoms with van der Waals surface area (Å²) >= 11 is 4.05. The number of hydrogen-bond donors (Lipinski definition) is 1. The third kappa shape index (κ3) is 5.20. The summed E-state index contributed by atoms with van der Waals surface area (Å²) in [5.74, 6) is -1.02. The molecule has 1 N–H and O–H groups in total. The first-order valence-electron chi connectivity index (χ1n) is 8.99. The number of benzene rings is 2. The largest absolute Gasteiger partial charge is 0.497 e. The molecule has 3 rings (SSSR count). The number of nitrogens with zero attached hydrogens (tertiary/aromatic N) is 1. The summed E-state index contributed by atoms with van der Waals surface area (Å²) in [4.78, 5) is 50.0. The Morgan fingerprint density at radius 2 is 1.69 bits per heavy atom. The van der Waals surface area contributed by atoms with Crippen LogP contribution in [-0.4, -0.2) is 44.6 Å². The molecule has 0 aromatic heterocycles. The lowest BCUT2D eigenvalue weighted by Crippen LogP contribution is -2.54. The summed E-state index contributed by atoms with van der Waals surface area (Å²) < 4.78 is 16.5. The molecule has 4 amide bonds. The van der Waals surface area contributed by atoms with E-state index >= 15 is 0 Å². The number of amides is 4. The summed E-state index contributed by atoms with van der Waals surface area (Å²) in [5, 5.41) is 2.18. The fourth-order valence-electron chi connectivity index (χ4n) is 2.78. The third-order valence-corrected chi connectivity index (χ3v) is 5.93. The monoisotopic (exact) mass is 662 g/mol. The average molecular weight is 662 g/mol. The highest BCUT2D eigenvalue weighted by molar-refractivity contribution is 14.1. The zero-order chi connectivity index (χ0) is 23.4. The van der Waals surface area contributed by atoms with Crippen LogP contribution in [0.3, 0.4) is 0 Å². The van der Waals surface area contributed by atoms with E-state index in [0.29, 0.717) is 29.9 Å². The van der Waals surface area contributed by atoms with Crippen molar-refractivity contribution >= 4 is 80.8 Å². The standard InChI is InChI=1S/C21H16I2N2O7/c1-30-13-5-3-12(4-6-13)25-20(28)14(19(27)24-21(25)29)7-11-8-15(22)18(16(23)9-11)32-10-17(26)31-2/h3-9H,10H2,1-2H3,(H,24,27,29). The molecule has 1 aliphatic heterocycles. The zero-order valence-electron chi connectivity index (χ0n) is 16.8. The van der Waals surface area contributed by atoms with Crippen LogP contribution in [-0.2, 0) is 19.1 Å². The molecule has 2 aromatic rings. The van der Waals surface area contributed by atoms with E-state index in [0.717, 1.165) is 4.90 Å². The van der Waals surface area contributed by atoms with Gasteiger partial charge in [0.15, 0.2) is 6.61 Å². The number of imide groups is 2. The molecule has 1 saturated heterocycles. The minimum atomic E-state index is -0.835. The predicted octanol–water partition coefficient (Wildman–Crippen LogP) is 3.12. The number of urea groups is 1. The second-order valence-corrected chi connectivity index (χ2v) is 8.66. The van der Waals surface area contributed by atoms with Crippen LogP contribution >= 0.6 is 45.2 Å². The molecule has 0 unspecified atom stereocenters. The van der Waals surface area contributed by atoms with Gasteiger partial charge in [-0.3, -0.25) is 14.9 Å². The SMILES string of the molecule is COC(=O)COc1c(I)cc(C=C2C(=O)NC(=O)N(c3ccc(OC)cc3)C2=O)cc1I. The number of carbonyl (C=O) groups is 4. The van der Waals surface area contributed by atoms with E-state index in [1.54, 1.807) is 36.4 Å². The summed E-state index contributed by atoms with van der Waals surface area (Å²) in [6.07, 6.45) is 1.40. The zero-order valence-corrected chi connectivity index (χ0v) is 21.1. The van der Waals surface area contributed by atoms with E-state index in [9.17, 15) is 19.2 Å². The van der Waals surface area contributed by atoms with Gasteiger partial charge in [-0.2, -0.15) is 0 Å². The molecule has 9 nitrogen and oxygen atoms in total. The first-order chi connectivity index (χ1) is 15.2. The van der Waals surface area contributed by atoms with Gasteiger partial charge in [0.25, 0.3) is 11.8 Å². The van der Waals surface area contributed by atoms with Gasteiger partial charge in [-0.15, -0.1) is 0 Å². The number of methoxy groups -OCH3 is 2. The van der Waals surface area contributed by atoms with Crippen molar-refractivity contribution in [3.63, 3.8) is 0 Å². The van der Waals surface area contributed by atoms with Crippen LogP contribution < -0.4 is 19.7 Å². The summed E-state index contributed by atoms with van der Waals surface area (Å²) in [7, 11) is 2.77. The Bertz CT molecular complexity index is 1110. The number of hydrogen-bond acceptors (Lipinski definition) is 7. The lowest BCUT2D eigenvalue weighted by atomic mass is 10.1. The molecule has 0 radical (unpaired) electrons. The van der Waals surface area contributed by atoms with Crippen LogP contribution in [0.4, 0.5) is 10.5 Å². The van der Waals surface area contributed by atoms with Crippen molar-refractivity contribution in [3.05, 3.63) is 54.7 Å². The maximum Gasteiger partial charge on any atom is 0.343 e. The van der Waals surface area contributed by atoms with E-state index in [-0.39, 0.29) is 12.2 Å². The molecular formula is C21H16I2N2O7. The maximum atomic E-state index is 13.0. The van der Waals surface area contributed by atoms with Gasteiger partial charge in [-0.05, 0) is 93.2 Å². The topological polar surface area (TPSA) is 111 Å². The van der Waals surface area contributed by atoms with Crippen molar-refractivity contribution < 1.29 is 33.4 Å². The molecule has 0 bridgehead atoms. The molecule has 11 heteroatoms. The number of anilines is 1. The van der Waals surface area contributed by atoms with Gasteiger partial charge in [0.2, 0.25) is 0 Å². The number of barbiturate groups is 1. The third-order valence-electron chi connectivity index (χ3n) is 4.33. The Morgan fingerprint density at radius 3 is 2.25 bits per heavy atom. The summed E-state index contributed by atoms with van der Waals surface area (Å²) in [6, 6.07) is 8.85. The van der Waals surface area contributed by atoms with Crippen molar-refractivity contribution in [1.82, 2.24) is 5.32 Å². The van der Waals surface area contributed by atoms with Crippen molar-refractivity contribution in [3.8, 4) is 11.5 Å². The normalized spacial score (nSPS) is 14.9. The van der Waals surface area contributed by atoms with Gasteiger partial charge in [0.05, 0.1) is 27.0 Å². The van der Waals surface area contributed by atoms with Crippen LogP contribution in [0.25, 0.3) is 6.08 Å². The molecule has 166 valence electrons. The Balaban J connectivity index is 1.92. The lowest BCUT2D eigenvalue weighted by molar-refractivity contribution is -0.143. The molecule has 32 heavy (non-hydrogen) atoms. The number of ether oxygens (including phenoxy) is 3. The van der Waals surface area contributed by atoms with Crippen LogP contribution in [0.15, 0.2) is 42.0 Å². The van der Waals surface area contributed by atoms with E-state index in [1.807, 2.05) is 45.2 Å². The number of rotatable bonds is 6. The fourth-order valence-corrected chi connectivity index (χ4v) is 4.91. The van der Waals surface area contributed by atoms with Crippen molar-refractivity contribution in [2.24, 2.45) is 0 Å². The van der Waals surface area contributed by atoms with Crippen LogP contribution in [0.2, 0.25) is 0 Å². The van der Waals surface area contributed by atoms with E-state index in [1.165, 1.54) is 20.3 Å². The smallest absolute Gasteiger partial charge is 0.343 e. The average Bonchev–Trinajstić information content (AvgIpc) is 2.76. The van der Waals surface area contributed by atoms with Gasteiger partial charge >= 0.3 is 12.0 Å². The number of nitrogens with one attached hydrogen (secondary N) is 1. The molecule has 1 heterocycles. The van der Waals surface area contributed by atoms with Gasteiger partial charge < -0.3 is 14.2 Å². The molecule has 0 spiro atoms. The number of halogens is 2. The predicted molar refractivity (Wildman–Crippen MR) is 131 cm³/mol. The van der Waals surface area contributed by atoms with Crippen LogP contribution in [0, 0.1) is 7.14 Å². The second-order valence-electron chi connectivity index (χ2n) is 6.33. The van der Waals surface area contributed by atoms with Gasteiger partial charge in [-0.1, -0.05) is 0 Å². The van der Waals surface area contributed by atoms with Gasteiger partial charge in [-0.25, -0.2) is 14.5 Å². The van der Waals surface area contributed by atoms with Gasteiger partial charge in [0.1, 0.15) is 17.1 Å². The van der Waals surface area contributed by atoms with Crippen molar-refractivity contribution in [2.45, 2.75) is 0 Å². The molecular weight excluding hydrogens is 646 g/mol. The highest BCUT2D eigenvalue weighted by Gasteiger charge is 2.36. The first kappa shape index (κ1) is 24.0. The molecule has 1 fully saturated rings. The molecule has 0 aliphatic carbocycles. The highest BCUT2D eigenvalue weighted by Crippen LogP contribution is 2.31. The van der Waals surface area contributed by atoms with Crippen molar-refractivity contribution in [1.29, 1.82) is 0 Å². The van der Waals surface area contributed by atoms with E-state index < -0.39 is 23.8 Å². The maximum absolute atomic E-state index is 13.0. The minimum absolute atomic E-state index is 0.199.